The first-order chi connectivity index (χ1) is 19.9. The number of non-ortho nitro benzene ring substituents is 1. The molecule has 1 aliphatic rings. The van der Waals surface area contributed by atoms with E-state index in [1.807, 2.05) is 0 Å². The average molecular weight is 595 g/mol. The molecule has 4 aromatic rings. The minimum Gasteiger partial charge on any atom is -0.423 e. The van der Waals surface area contributed by atoms with E-state index in [0.717, 1.165) is 16.7 Å². The minimum atomic E-state index is -0.694. The molecular weight excluding hydrogens is 576 g/mol. The number of carbonyl (C=O) groups excluding carboxylic acids is 2. The van der Waals surface area contributed by atoms with Crippen molar-refractivity contribution < 1.29 is 23.9 Å². The van der Waals surface area contributed by atoms with E-state index in [9.17, 15) is 19.7 Å². The zero-order valence-electron chi connectivity index (χ0n) is 20.7. The second kappa shape index (κ2) is 12.4. The maximum Gasteiger partial charge on any atom is 0.343 e. The van der Waals surface area contributed by atoms with Crippen LogP contribution in [0.5, 0.6) is 5.75 Å². The number of nitro benzene ring substituents is 1. The van der Waals surface area contributed by atoms with Gasteiger partial charge in [-0.1, -0.05) is 40.9 Å². The van der Waals surface area contributed by atoms with Crippen molar-refractivity contribution in [3.8, 4) is 11.6 Å². The lowest BCUT2D eigenvalue weighted by atomic mass is 10.2. The fraction of sp³-hybridized carbons (Fsp3) is 0.130. The number of ether oxygens (including phenoxy) is 1. The highest BCUT2D eigenvalue weighted by Gasteiger charge is 2.25. The minimum absolute atomic E-state index is 0.00794. The lowest BCUT2D eigenvalue weighted by Gasteiger charge is -2.06. The Morgan fingerprint density at radius 2 is 2.10 bits per heavy atom. The Kier molecular flexibility index (Phi) is 8.30. The van der Waals surface area contributed by atoms with Gasteiger partial charge in [0.15, 0.2) is 5.69 Å². The molecule has 0 unspecified atom stereocenters. The number of nitrogens with two attached hydrogens (primary N) is 1. The van der Waals surface area contributed by atoms with E-state index < -0.39 is 16.8 Å². The van der Waals surface area contributed by atoms with Crippen LogP contribution in [0.3, 0.4) is 0 Å². The Balaban J connectivity index is 1.26. The van der Waals surface area contributed by atoms with Crippen molar-refractivity contribution in [1.29, 1.82) is 0 Å². The van der Waals surface area contributed by atoms with Crippen LogP contribution in [0.15, 0.2) is 63.3 Å². The van der Waals surface area contributed by atoms with Gasteiger partial charge in [0.25, 0.3) is 11.6 Å². The summed E-state index contributed by atoms with van der Waals surface area (Å²) in [6.07, 6.45) is 1.35. The quantitative estimate of drug-likeness (QED) is 0.0936. The van der Waals surface area contributed by atoms with Gasteiger partial charge in [-0.25, -0.2) is 14.8 Å². The molecule has 208 valence electrons. The van der Waals surface area contributed by atoms with Gasteiger partial charge >= 0.3 is 5.97 Å². The van der Waals surface area contributed by atoms with Crippen LogP contribution in [0.25, 0.3) is 5.82 Å². The van der Waals surface area contributed by atoms with Crippen molar-refractivity contribution in [2.45, 2.75) is 5.75 Å². The Labute approximate surface area is 238 Å². The zero-order chi connectivity index (χ0) is 28.8. The summed E-state index contributed by atoms with van der Waals surface area (Å²) in [4.78, 5) is 40.0. The van der Waals surface area contributed by atoms with E-state index in [0.29, 0.717) is 17.0 Å². The second-order valence-electron chi connectivity index (χ2n) is 8.02. The first kappa shape index (κ1) is 27.5. The normalized spacial score (nSPS) is 12.8. The van der Waals surface area contributed by atoms with Crippen LogP contribution in [0.4, 0.5) is 11.5 Å². The van der Waals surface area contributed by atoms with Crippen LogP contribution in [0, 0.1) is 10.1 Å². The number of benzene rings is 2. The molecule has 0 spiro atoms. The Hall–Kier alpha value is -5.10. The third-order valence-corrected chi connectivity index (χ3v) is 7.59. The van der Waals surface area contributed by atoms with Gasteiger partial charge in [0.2, 0.25) is 11.6 Å². The maximum absolute atomic E-state index is 13.0. The number of nitro groups is 1. The first-order valence-corrected chi connectivity index (χ1v) is 13.6. The molecule has 1 aliphatic heterocycles. The second-order valence-corrected chi connectivity index (χ2v) is 10.3. The fourth-order valence-electron chi connectivity index (χ4n) is 3.41. The number of nitrogens with one attached hydrogen (secondary N) is 1. The summed E-state index contributed by atoms with van der Waals surface area (Å²) in [7, 11) is 0. The number of carbonyl (C=O) groups is 2. The summed E-state index contributed by atoms with van der Waals surface area (Å²) in [6.45, 7) is 0.726. The number of aromatic nitrogens is 5. The van der Waals surface area contributed by atoms with Gasteiger partial charge in [-0.05, 0) is 40.1 Å². The number of anilines is 1. The van der Waals surface area contributed by atoms with E-state index in [2.05, 4.69) is 40.8 Å². The van der Waals surface area contributed by atoms with Crippen LogP contribution in [-0.2, 0) is 5.75 Å². The molecule has 0 fully saturated rings. The monoisotopic (exact) mass is 594 g/mol. The van der Waals surface area contributed by atoms with E-state index >= 15 is 0 Å². The summed E-state index contributed by atoms with van der Waals surface area (Å²) in [6, 6.07) is 11.4. The van der Waals surface area contributed by atoms with Gasteiger partial charge in [-0.15, -0.1) is 5.10 Å². The van der Waals surface area contributed by atoms with Gasteiger partial charge in [0, 0.05) is 23.6 Å². The first-order valence-electron chi connectivity index (χ1n) is 11.6. The molecule has 3 N–H and O–H groups in total. The molecular formula is C23H18N10O6S2. The molecule has 2 aromatic carbocycles. The van der Waals surface area contributed by atoms with Gasteiger partial charge in [-0.3, -0.25) is 19.9 Å². The van der Waals surface area contributed by atoms with Crippen LogP contribution in [0.2, 0.25) is 0 Å². The number of hydrazone groups is 1. The number of nitrogen functional groups attached to an aromatic ring is 1. The predicted molar refractivity (Wildman–Crippen MR) is 149 cm³/mol. The Morgan fingerprint density at radius 3 is 2.80 bits per heavy atom. The van der Waals surface area contributed by atoms with Crippen molar-refractivity contribution in [3.63, 3.8) is 0 Å². The van der Waals surface area contributed by atoms with Crippen molar-refractivity contribution in [2.75, 3.05) is 18.0 Å². The van der Waals surface area contributed by atoms with E-state index in [4.69, 9.17) is 10.5 Å². The molecule has 41 heavy (non-hydrogen) atoms. The summed E-state index contributed by atoms with van der Waals surface area (Å²) in [5.74, 6) is 0.127. The number of rotatable bonds is 9. The van der Waals surface area contributed by atoms with Crippen molar-refractivity contribution in [3.05, 3.63) is 81.2 Å². The summed E-state index contributed by atoms with van der Waals surface area (Å²) in [5.41, 5.74) is 9.11. The van der Waals surface area contributed by atoms with Crippen LogP contribution < -0.4 is 15.9 Å². The number of hydrogen-bond acceptors (Lipinski definition) is 15. The highest BCUT2D eigenvalue weighted by Crippen LogP contribution is 2.27. The molecule has 2 aromatic heterocycles. The smallest absolute Gasteiger partial charge is 0.343 e. The topological polar surface area (TPSA) is 219 Å². The maximum atomic E-state index is 13.0. The number of esters is 1. The highest BCUT2D eigenvalue weighted by molar-refractivity contribution is 8.38. The predicted octanol–water partition coefficient (Wildman–Crippen LogP) is 2.46. The molecule has 0 bridgehead atoms. The van der Waals surface area contributed by atoms with Crippen LogP contribution >= 0.6 is 23.5 Å². The molecule has 18 heteroatoms. The molecule has 0 saturated carbocycles. The van der Waals surface area contributed by atoms with Gasteiger partial charge in [0.1, 0.15) is 10.1 Å². The largest absolute Gasteiger partial charge is 0.423 e. The zero-order valence-corrected chi connectivity index (χ0v) is 22.4. The Bertz CT molecular complexity index is 1670. The molecule has 0 atom stereocenters. The van der Waals surface area contributed by atoms with Crippen LogP contribution in [0.1, 0.15) is 32.1 Å². The number of amides is 1. The summed E-state index contributed by atoms with van der Waals surface area (Å²) >= 11 is 3.03. The SMILES string of the molecule is Nc1nonc1-n1nnc(C(=O)NN=Cc2cccc(OC(=O)c3ccc([N+](=O)[O-])cc3)c2)c1CSC1=NCCS1. The molecule has 0 radical (unpaired) electrons. The average Bonchev–Trinajstić information content (AvgIpc) is 3.73. The molecule has 1 amide bonds. The molecule has 3 heterocycles. The van der Waals surface area contributed by atoms with E-state index in [1.165, 1.54) is 53.0 Å². The summed E-state index contributed by atoms with van der Waals surface area (Å²) < 4.78 is 12.2. The third-order valence-electron chi connectivity index (χ3n) is 5.33. The van der Waals surface area contributed by atoms with E-state index in [-0.39, 0.29) is 34.3 Å². The van der Waals surface area contributed by atoms with Crippen molar-refractivity contribution in [2.24, 2.45) is 10.1 Å². The third kappa shape index (κ3) is 6.56. The number of nitrogens with zero attached hydrogens (tertiary/aromatic N) is 8. The summed E-state index contributed by atoms with van der Waals surface area (Å²) in [5, 5.41) is 30.1. The lowest BCUT2D eigenvalue weighted by Crippen LogP contribution is -2.20. The fourth-order valence-corrected chi connectivity index (χ4v) is 5.41. The van der Waals surface area contributed by atoms with E-state index in [1.54, 1.807) is 30.0 Å². The van der Waals surface area contributed by atoms with Gasteiger partial charge in [0.05, 0.1) is 28.9 Å². The lowest BCUT2D eigenvalue weighted by molar-refractivity contribution is -0.384. The van der Waals surface area contributed by atoms with Crippen molar-refractivity contribution >= 4 is 57.5 Å². The molecule has 0 aliphatic carbocycles. The van der Waals surface area contributed by atoms with Crippen LogP contribution in [-0.4, -0.2) is 65.0 Å². The Morgan fingerprint density at radius 1 is 1.27 bits per heavy atom. The number of thioether (sulfide) groups is 2. The standard InChI is InChI=1S/C23H18N10O6S2/c24-19-20(30-39-29-19)32-17(12-41-23-25-8-9-40-23)18(27-31-32)21(34)28-26-11-13-2-1-3-16(10-13)38-22(35)14-4-6-15(7-5-14)33(36)37/h1-7,10-11H,8-9,12H2,(H2,24,29)(H,28,34). The highest BCUT2D eigenvalue weighted by atomic mass is 32.2. The molecule has 16 nitrogen and oxygen atoms in total. The number of aliphatic imine (C=N–C) groups is 1. The van der Waals surface area contributed by atoms with Gasteiger partial charge < -0.3 is 10.5 Å². The molecule has 0 saturated heterocycles. The molecule has 5 rings (SSSR count). The number of hydrogen-bond donors (Lipinski definition) is 2. The van der Waals surface area contributed by atoms with Gasteiger partial charge in [-0.2, -0.15) is 9.78 Å². The van der Waals surface area contributed by atoms with Crippen molar-refractivity contribution in [1.82, 2.24) is 30.7 Å².